The van der Waals surface area contributed by atoms with Gasteiger partial charge in [0.1, 0.15) is 5.37 Å². The zero-order valence-corrected chi connectivity index (χ0v) is 13.3. The van der Waals surface area contributed by atoms with E-state index < -0.39 is 15.2 Å². The predicted octanol–water partition coefficient (Wildman–Crippen LogP) is 0.698. The highest BCUT2D eigenvalue weighted by Gasteiger charge is 2.35. The maximum absolute atomic E-state index is 12.2. The molecule has 0 bridgehead atoms. The summed E-state index contributed by atoms with van der Waals surface area (Å²) in [6.45, 7) is 4.72. The van der Waals surface area contributed by atoms with Crippen LogP contribution in [0, 0.1) is 5.92 Å². The maximum atomic E-state index is 12.2. The number of carbonyl (C=O) groups excluding carboxylic acids is 1. The molecule has 0 aliphatic carbocycles. The summed E-state index contributed by atoms with van der Waals surface area (Å²) < 4.78 is 24.1. The van der Waals surface area contributed by atoms with E-state index in [9.17, 15) is 13.2 Å². The fraction of sp³-hybridized carbons (Fsp3) is 0.917. The molecule has 1 aliphatic rings. The SMILES string of the molecule is CCS(=O)(=O)C1CSCCN1C(=O)CCC(C)CN. The quantitative estimate of drug-likeness (QED) is 0.781. The zero-order valence-electron chi connectivity index (χ0n) is 11.7. The van der Waals surface area contributed by atoms with Gasteiger partial charge in [-0.1, -0.05) is 13.8 Å². The van der Waals surface area contributed by atoms with Gasteiger partial charge in [-0.2, -0.15) is 11.8 Å². The van der Waals surface area contributed by atoms with Crippen LogP contribution < -0.4 is 5.73 Å². The van der Waals surface area contributed by atoms with E-state index in [4.69, 9.17) is 5.73 Å². The number of amides is 1. The number of hydrogen-bond donors (Lipinski definition) is 1. The van der Waals surface area contributed by atoms with Crippen molar-refractivity contribution in [2.45, 2.75) is 32.1 Å². The molecule has 1 rings (SSSR count). The molecule has 112 valence electrons. The van der Waals surface area contributed by atoms with Crippen LogP contribution in [0.25, 0.3) is 0 Å². The van der Waals surface area contributed by atoms with E-state index in [1.54, 1.807) is 23.6 Å². The molecule has 19 heavy (non-hydrogen) atoms. The third kappa shape index (κ3) is 4.65. The second kappa shape index (κ2) is 7.50. The lowest BCUT2D eigenvalue weighted by Gasteiger charge is -2.35. The molecule has 1 heterocycles. The largest absolute Gasteiger partial charge is 0.330 e. The third-order valence-electron chi connectivity index (χ3n) is 3.48. The van der Waals surface area contributed by atoms with E-state index in [1.807, 2.05) is 6.92 Å². The molecule has 2 unspecified atom stereocenters. The number of rotatable bonds is 6. The van der Waals surface area contributed by atoms with E-state index >= 15 is 0 Å². The number of carbonyl (C=O) groups is 1. The van der Waals surface area contributed by atoms with Gasteiger partial charge in [0.25, 0.3) is 0 Å². The average molecular weight is 308 g/mol. The van der Waals surface area contributed by atoms with Gasteiger partial charge in [0.05, 0.1) is 0 Å². The van der Waals surface area contributed by atoms with Gasteiger partial charge in [0.15, 0.2) is 9.84 Å². The van der Waals surface area contributed by atoms with Crippen molar-refractivity contribution < 1.29 is 13.2 Å². The molecule has 0 radical (unpaired) electrons. The van der Waals surface area contributed by atoms with Gasteiger partial charge in [-0.15, -0.1) is 0 Å². The fourth-order valence-corrected chi connectivity index (χ4v) is 4.98. The lowest BCUT2D eigenvalue weighted by Crippen LogP contribution is -2.50. The Hall–Kier alpha value is -0.270. The van der Waals surface area contributed by atoms with Gasteiger partial charge >= 0.3 is 0 Å². The van der Waals surface area contributed by atoms with Crippen LogP contribution in [0.3, 0.4) is 0 Å². The van der Waals surface area contributed by atoms with E-state index in [2.05, 4.69) is 0 Å². The minimum Gasteiger partial charge on any atom is -0.330 e. The zero-order chi connectivity index (χ0) is 14.5. The first-order valence-corrected chi connectivity index (χ1v) is 9.58. The van der Waals surface area contributed by atoms with Gasteiger partial charge in [-0.25, -0.2) is 8.42 Å². The molecule has 1 amide bonds. The summed E-state index contributed by atoms with van der Waals surface area (Å²) >= 11 is 1.60. The van der Waals surface area contributed by atoms with Crippen molar-refractivity contribution in [3.63, 3.8) is 0 Å². The Kier molecular flexibility index (Phi) is 6.62. The minimum absolute atomic E-state index is 0.0531. The summed E-state index contributed by atoms with van der Waals surface area (Å²) in [5.74, 6) is 1.63. The number of sulfone groups is 1. The molecule has 1 aliphatic heterocycles. The first-order chi connectivity index (χ1) is 8.92. The summed E-state index contributed by atoms with van der Waals surface area (Å²) in [6.07, 6.45) is 1.11. The standard InChI is InChI=1S/C12H24N2O3S2/c1-3-19(16,17)12-9-18-7-6-14(12)11(15)5-4-10(2)8-13/h10,12H,3-9,13H2,1-2H3. The van der Waals surface area contributed by atoms with Crippen molar-refractivity contribution in [1.29, 1.82) is 0 Å². The molecule has 1 saturated heterocycles. The van der Waals surface area contributed by atoms with Crippen LogP contribution in [0.5, 0.6) is 0 Å². The summed E-state index contributed by atoms with van der Waals surface area (Å²) in [4.78, 5) is 13.8. The van der Waals surface area contributed by atoms with E-state index in [0.29, 0.717) is 31.2 Å². The van der Waals surface area contributed by atoms with Crippen molar-refractivity contribution in [3.8, 4) is 0 Å². The Morgan fingerprint density at radius 1 is 1.53 bits per heavy atom. The number of thioether (sulfide) groups is 1. The third-order valence-corrected chi connectivity index (χ3v) is 6.76. The van der Waals surface area contributed by atoms with Crippen molar-refractivity contribution in [2.75, 3.05) is 30.3 Å². The lowest BCUT2D eigenvalue weighted by atomic mass is 10.1. The molecule has 0 aromatic carbocycles. The Morgan fingerprint density at radius 3 is 2.79 bits per heavy atom. The van der Waals surface area contributed by atoms with Crippen LogP contribution in [0.1, 0.15) is 26.7 Å². The summed E-state index contributed by atoms with van der Waals surface area (Å²) in [7, 11) is -3.20. The number of nitrogens with two attached hydrogens (primary N) is 1. The molecule has 2 N–H and O–H groups in total. The van der Waals surface area contributed by atoms with Crippen LogP contribution in [-0.2, 0) is 14.6 Å². The fourth-order valence-electron chi connectivity index (χ4n) is 1.99. The van der Waals surface area contributed by atoms with Gasteiger partial charge < -0.3 is 10.6 Å². The molecular weight excluding hydrogens is 284 g/mol. The monoisotopic (exact) mass is 308 g/mol. The van der Waals surface area contributed by atoms with Crippen LogP contribution in [0.2, 0.25) is 0 Å². The van der Waals surface area contributed by atoms with Gasteiger partial charge in [-0.3, -0.25) is 4.79 Å². The van der Waals surface area contributed by atoms with E-state index in [-0.39, 0.29) is 11.7 Å². The van der Waals surface area contributed by atoms with Crippen LogP contribution in [0.15, 0.2) is 0 Å². The first kappa shape index (κ1) is 16.8. The normalized spacial score (nSPS) is 22.3. The Bertz CT molecular complexity index is 398. The Morgan fingerprint density at radius 2 is 2.21 bits per heavy atom. The molecule has 7 heteroatoms. The molecule has 1 fully saturated rings. The van der Waals surface area contributed by atoms with Crippen LogP contribution >= 0.6 is 11.8 Å². The van der Waals surface area contributed by atoms with Crippen molar-refractivity contribution in [2.24, 2.45) is 11.7 Å². The molecule has 0 aromatic rings. The molecule has 0 aromatic heterocycles. The van der Waals surface area contributed by atoms with Crippen molar-refractivity contribution >= 4 is 27.5 Å². The Labute approximate surface area is 120 Å². The topological polar surface area (TPSA) is 80.5 Å². The molecular formula is C12H24N2O3S2. The second-order valence-electron chi connectivity index (χ2n) is 4.95. The Balaban J connectivity index is 2.69. The average Bonchev–Trinajstić information content (AvgIpc) is 2.44. The molecule has 5 nitrogen and oxygen atoms in total. The lowest BCUT2D eigenvalue weighted by molar-refractivity contribution is -0.131. The van der Waals surface area contributed by atoms with Crippen molar-refractivity contribution in [1.82, 2.24) is 4.90 Å². The molecule has 2 atom stereocenters. The highest BCUT2D eigenvalue weighted by atomic mass is 32.2. The molecule has 0 saturated carbocycles. The van der Waals surface area contributed by atoms with Crippen LogP contribution in [0.4, 0.5) is 0 Å². The summed E-state index contributed by atoms with van der Waals surface area (Å²) in [5.41, 5.74) is 5.53. The van der Waals surface area contributed by atoms with E-state index in [0.717, 1.165) is 12.2 Å². The summed E-state index contributed by atoms with van der Waals surface area (Å²) in [6, 6.07) is 0. The predicted molar refractivity (Wildman–Crippen MR) is 79.7 cm³/mol. The number of nitrogens with zero attached hydrogens (tertiary/aromatic N) is 1. The minimum atomic E-state index is -3.20. The smallest absolute Gasteiger partial charge is 0.223 e. The summed E-state index contributed by atoms with van der Waals surface area (Å²) in [5, 5.41) is -0.642. The molecule has 0 spiro atoms. The maximum Gasteiger partial charge on any atom is 0.223 e. The highest BCUT2D eigenvalue weighted by molar-refractivity contribution is 8.01. The second-order valence-corrected chi connectivity index (χ2v) is 8.54. The van der Waals surface area contributed by atoms with Gasteiger partial charge in [-0.05, 0) is 18.9 Å². The number of hydrogen-bond acceptors (Lipinski definition) is 5. The van der Waals surface area contributed by atoms with Crippen LogP contribution in [-0.4, -0.2) is 54.9 Å². The highest BCUT2D eigenvalue weighted by Crippen LogP contribution is 2.22. The van der Waals surface area contributed by atoms with E-state index in [1.165, 1.54) is 0 Å². The first-order valence-electron chi connectivity index (χ1n) is 6.71. The van der Waals surface area contributed by atoms with Gasteiger partial charge in [0, 0.05) is 30.2 Å². The van der Waals surface area contributed by atoms with Crippen molar-refractivity contribution in [3.05, 3.63) is 0 Å². The van der Waals surface area contributed by atoms with Gasteiger partial charge in [0.2, 0.25) is 5.91 Å².